The molecule has 3 rings (SSSR count). The van der Waals surface area contributed by atoms with E-state index in [1.807, 2.05) is 13.0 Å². The summed E-state index contributed by atoms with van der Waals surface area (Å²) in [4.78, 5) is 36.7. The van der Waals surface area contributed by atoms with Gasteiger partial charge in [0, 0.05) is 22.5 Å². The van der Waals surface area contributed by atoms with Crippen LogP contribution in [0.3, 0.4) is 0 Å². The van der Waals surface area contributed by atoms with Gasteiger partial charge in [0.25, 0.3) is 11.6 Å². The summed E-state index contributed by atoms with van der Waals surface area (Å²) in [6.07, 6.45) is 0. The Bertz CT molecular complexity index is 1050. The Morgan fingerprint density at radius 1 is 1.27 bits per heavy atom. The maximum atomic E-state index is 12.2. The zero-order valence-electron chi connectivity index (χ0n) is 14.3. The molecule has 3 aromatic rings. The predicted octanol–water partition coefficient (Wildman–Crippen LogP) is 1.54. The van der Waals surface area contributed by atoms with Gasteiger partial charge in [-0.2, -0.15) is 10.2 Å². The van der Waals surface area contributed by atoms with E-state index in [0.717, 1.165) is 17.1 Å². The van der Waals surface area contributed by atoms with Gasteiger partial charge < -0.3 is 4.74 Å². The molecule has 0 aliphatic carbocycles. The Kier molecular flexibility index (Phi) is 4.73. The maximum absolute atomic E-state index is 12.2. The maximum Gasteiger partial charge on any atom is 0.378 e. The molecule has 0 radical (unpaired) electrons. The fourth-order valence-corrected chi connectivity index (χ4v) is 3.17. The van der Waals surface area contributed by atoms with E-state index in [2.05, 4.69) is 20.1 Å². The van der Waals surface area contributed by atoms with Gasteiger partial charge >= 0.3 is 5.97 Å². The highest BCUT2D eigenvalue weighted by molar-refractivity contribution is 7.09. The minimum atomic E-state index is -1.07. The van der Waals surface area contributed by atoms with Gasteiger partial charge in [-0.1, -0.05) is 0 Å². The highest BCUT2D eigenvalue weighted by Gasteiger charge is 2.25. The van der Waals surface area contributed by atoms with E-state index < -0.39 is 24.3 Å². The molecule has 0 saturated heterocycles. The lowest BCUT2D eigenvalue weighted by atomic mass is 10.1. The molecule has 26 heavy (non-hydrogen) atoms. The van der Waals surface area contributed by atoms with Gasteiger partial charge in [0.1, 0.15) is 5.01 Å². The molecule has 0 saturated carbocycles. The van der Waals surface area contributed by atoms with Crippen molar-refractivity contribution < 1.29 is 14.3 Å². The molecule has 0 aromatic carbocycles. The van der Waals surface area contributed by atoms with Crippen LogP contribution in [0.25, 0.3) is 5.78 Å². The second-order valence-corrected chi connectivity index (χ2v) is 6.51. The number of ether oxygens (including phenoxy) is 1. The number of aromatic nitrogens is 5. The number of ketones is 1. The van der Waals surface area contributed by atoms with Crippen LogP contribution in [0.2, 0.25) is 0 Å². The van der Waals surface area contributed by atoms with E-state index in [0.29, 0.717) is 5.01 Å². The average Bonchev–Trinajstić information content (AvgIpc) is 3.20. The summed E-state index contributed by atoms with van der Waals surface area (Å²) in [6, 6.07) is 3.69. The van der Waals surface area contributed by atoms with Crippen molar-refractivity contribution in [3.8, 4) is 6.07 Å². The highest BCUT2D eigenvalue weighted by Crippen LogP contribution is 2.20. The molecule has 0 amide bonds. The van der Waals surface area contributed by atoms with Crippen molar-refractivity contribution >= 4 is 28.9 Å². The van der Waals surface area contributed by atoms with Gasteiger partial charge in [-0.3, -0.25) is 4.79 Å². The number of rotatable bonds is 5. The van der Waals surface area contributed by atoms with E-state index in [1.165, 1.54) is 15.9 Å². The molecule has 0 spiro atoms. The summed E-state index contributed by atoms with van der Waals surface area (Å²) in [5, 5.41) is 15.4. The van der Waals surface area contributed by atoms with Crippen LogP contribution in [0, 0.1) is 32.1 Å². The first kappa shape index (κ1) is 17.6. The molecular formula is C16H14N6O3S. The third-order valence-corrected chi connectivity index (χ3v) is 4.51. The standard InChI is InChI=1S/C16H14N6O3S/c1-8-4-10(3)22-16(19-8)20-13(21-22)15(24)25-6-12(23)11(5-17)14-18-9(2)7-26-14/h4,7,11H,6H2,1-3H3/t11-/m1/s1. The van der Waals surface area contributed by atoms with Gasteiger partial charge in [-0.25, -0.2) is 19.3 Å². The van der Waals surface area contributed by atoms with Crippen molar-refractivity contribution in [3.63, 3.8) is 0 Å². The Hall–Kier alpha value is -3.19. The molecule has 3 aromatic heterocycles. The molecule has 0 bridgehead atoms. The SMILES string of the molecule is Cc1csc([C@H](C#N)C(=O)COC(=O)c2nc3nc(C)cc(C)n3n2)n1. The first-order valence-electron chi connectivity index (χ1n) is 7.61. The van der Waals surface area contributed by atoms with Crippen LogP contribution in [0.5, 0.6) is 0 Å². The zero-order valence-corrected chi connectivity index (χ0v) is 15.1. The smallest absolute Gasteiger partial charge is 0.378 e. The van der Waals surface area contributed by atoms with Crippen LogP contribution in [-0.4, -0.2) is 42.9 Å². The van der Waals surface area contributed by atoms with Crippen molar-refractivity contribution in [2.75, 3.05) is 6.61 Å². The molecule has 0 aliphatic heterocycles. The van der Waals surface area contributed by atoms with Crippen LogP contribution < -0.4 is 0 Å². The molecule has 0 N–H and O–H groups in total. The van der Waals surface area contributed by atoms with E-state index in [1.54, 1.807) is 25.3 Å². The number of Topliss-reactive ketones (excluding diaryl/α,β-unsaturated/α-hetero) is 1. The monoisotopic (exact) mass is 370 g/mol. The number of hydrogen-bond acceptors (Lipinski definition) is 9. The minimum Gasteiger partial charge on any atom is -0.452 e. The molecule has 3 heterocycles. The van der Waals surface area contributed by atoms with Crippen molar-refractivity contribution in [2.45, 2.75) is 26.7 Å². The molecule has 10 heteroatoms. The number of nitrogens with zero attached hydrogens (tertiary/aromatic N) is 6. The van der Waals surface area contributed by atoms with Crippen molar-refractivity contribution in [3.05, 3.63) is 39.4 Å². The Morgan fingerprint density at radius 2 is 2.04 bits per heavy atom. The highest BCUT2D eigenvalue weighted by atomic mass is 32.1. The molecule has 132 valence electrons. The number of carbonyl (C=O) groups is 2. The lowest BCUT2D eigenvalue weighted by Crippen LogP contribution is -2.20. The van der Waals surface area contributed by atoms with Crippen LogP contribution in [0.15, 0.2) is 11.4 Å². The van der Waals surface area contributed by atoms with Gasteiger partial charge in [0.05, 0.1) is 6.07 Å². The normalized spacial score (nSPS) is 11.9. The van der Waals surface area contributed by atoms with Crippen LogP contribution in [0.1, 0.15) is 38.6 Å². The summed E-state index contributed by atoms with van der Waals surface area (Å²) in [7, 11) is 0. The topological polar surface area (TPSA) is 123 Å². The molecule has 0 unspecified atom stereocenters. The minimum absolute atomic E-state index is 0.197. The molecule has 1 atom stereocenters. The zero-order chi connectivity index (χ0) is 18.8. The first-order chi connectivity index (χ1) is 12.4. The van der Waals surface area contributed by atoms with Crippen LogP contribution in [-0.2, 0) is 9.53 Å². The third-order valence-electron chi connectivity index (χ3n) is 3.48. The van der Waals surface area contributed by atoms with Gasteiger partial charge in [0.2, 0.25) is 0 Å². The third kappa shape index (κ3) is 3.43. The fraction of sp³-hybridized carbons (Fsp3) is 0.312. The molecule has 0 fully saturated rings. The summed E-state index contributed by atoms with van der Waals surface area (Å²) in [5.74, 6) is -2.40. The molecular weight excluding hydrogens is 356 g/mol. The summed E-state index contributed by atoms with van der Waals surface area (Å²) in [6.45, 7) is 4.83. The number of esters is 1. The Morgan fingerprint density at radius 3 is 2.69 bits per heavy atom. The van der Waals surface area contributed by atoms with E-state index >= 15 is 0 Å². The van der Waals surface area contributed by atoms with Crippen molar-refractivity contribution in [1.82, 2.24) is 24.6 Å². The first-order valence-corrected chi connectivity index (χ1v) is 8.49. The number of thiazole rings is 1. The molecule has 0 aliphatic rings. The van der Waals surface area contributed by atoms with Gasteiger partial charge in [-0.05, 0) is 26.8 Å². The van der Waals surface area contributed by atoms with Gasteiger partial charge in [0.15, 0.2) is 18.3 Å². The summed E-state index contributed by atoms with van der Waals surface area (Å²) >= 11 is 1.22. The van der Waals surface area contributed by atoms with E-state index in [-0.39, 0.29) is 11.6 Å². The van der Waals surface area contributed by atoms with Crippen molar-refractivity contribution in [2.24, 2.45) is 0 Å². The lowest BCUT2D eigenvalue weighted by Gasteiger charge is -2.05. The number of aryl methyl sites for hydroxylation is 3. The van der Waals surface area contributed by atoms with Crippen LogP contribution >= 0.6 is 11.3 Å². The molecule has 9 nitrogen and oxygen atoms in total. The second-order valence-electron chi connectivity index (χ2n) is 5.62. The summed E-state index contributed by atoms with van der Waals surface area (Å²) < 4.78 is 6.39. The number of nitriles is 1. The van der Waals surface area contributed by atoms with Crippen molar-refractivity contribution in [1.29, 1.82) is 5.26 Å². The van der Waals surface area contributed by atoms with E-state index in [9.17, 15) is 14.9 Å². The number of hydrogen-bond donors (Lipinski definition) is 0. The summed E-state index contributed by atoms with van der Waals surface area (Å²) in [5.41, 5.74) is 2.23. The average molecular weight is 370 g/mol. The van der Waals surface area contributed by atoms with Crippen LogP contribution in [0.4, 0.5) is 0 Å². The second kappa shape index (κ2) is 6.97. The number of fused-ring (bicyclic) bond motifs is 1. The Labute approximate surface area is 152 Å². The number of carbonyl (C=O) groups excluding carboxylic acids is 2. The predicted molar refractivity (Wildman–Crippen MR) is 90.8 cm³/mol. The fourth-order valence-electron chi connectivity index (χ4n) is 2.31. The Balaban J connectivity index is 1.71. The van der Waals surface area contributed by atoms with Gasteiger partial charge in [-0.15, -0.1) is 16.4 Å². The lowest BCUT2D eigenvalue weighted by molar-refractivity contribution is -0.122. The van der Waals surface area contributed by atoms with E-state index in [4.69, 9.17) is 4.74 Å². The largest absolute Gasteiger partial charge is 0.452 e. The quantitative estimate of drug-likeness (QED) is 0.620.